The Morgan fingerprint density at radius 1 is 1.03 bits per heavy atom. The van der Waals surface area contributed by atoms with E-state index >= 15 is 0 Å². The number of fused-ring (bicyclic) bond motifs is 1. The Bertz CT molecular complexity index is 1430. The number of nitrogens with one attached hydrogen (secondary N) is 1. The van der Waals surface area contributed by atoms with Crippen molar-refractivity contribution in [1.82, 2.24) is 4.98 Å². The third-order valence-electron chi connectivity index (χ3n) is 5.93. The van der Waals surface area contributed by atoms with Crippen molar-refractivity contribution < 1.29 is 22.7 Å². The zero-order valence-electron chi connectivity index (χ0n) is 20.3. The molecule has 1 amide bonds. The molecule has 0 bridgehead atoms. The summed E-state index contributed by atoms with van der Waals surface area (Å²) in [5, 5.41) is 2.74. The van der Waals surface area contributed by atoms with Crippen LogP contribution < -0.4 is 19.1 Å². The summed E-state index contributed by atoms with van der Waals surface area (Å²) in [4.78, 5) is 17.0. The molecule has 0 spiro atoms. The number of carbonyl (C=O) groups is 1. The molecule has 0 saturated carbocycles. The molecule has 0 fully saturated rings. The van der Waals surface area contributed by atoms with Crippen molar-refractivity contribution in [3.63, 3.8) is 0 Å². The van der Waals surface area contributed by atoms with Gasteiger partial charge in [0.2, 0.25) is 0 Å². The highest BCUT2D eigenvalue weighted by atomic mass is 32.2. The number of pyridine rings is 1. The monoisotopic (exact) mass is 505 g/mol. The van der Waals surface area contributed by atoms with E-state index in [-0.39, 0.29) is 11.4 Å². The number of hydrogen-bond acceptors (Lipinski definition) is 6. The van der Waals surface area contributed by atoms with Gasteiger partial charge in [0, 0.05) is 29.7 Å². The van der Waals surface area contributed by atoms with E-state index in [1.807, 2.05) is 24.3 Å². The van der Waals surface area contributed by atoms with E-state index in [0.29, 0.717) is 40.4 Å². The fraction of sp³-hybridized carbons (Fsp3) is 0.185. The van der Waals surface area contributed by atoms with Crippen LogP contribution in [0.25, 0.3) is 5.57 Å². The van der Waals surface area contributed by atoms with Crippen LogP contribution in [0.1, 0.15) is 23.6 Å². The molecule has 36 heavy (non-hydrogen) atoms. The lowest BCUT2D eigenvalue weighted by Crippen LogP contribution is -2.39. The summed E-state index contributed by atoms with van der Waals surface area (Å²) < 4.78 is 39.1. The van der Waals surface area contributed by atoms with E-state index in [9.17, 15) is 13.2 Å². The van der Waals surface area contributed by atoms with E-state index in [1.54, 1.807) is 43.6 Å². The predicted molar refractivity (Wildman–Crippen MR) is 141 cm³/mol. The van der Waals surface area contributed by atoms with Crippen LogP contribution in [0.2, 0.25) is 0 Å². The molecular weight excluding hydrogens is 478 g/mol. The van der Waals surface area contributed by atoms with E-state index in [1.165, 1.54) is 20.3 Å². The van der Waals surface area contributed by atoms with E-state index < -0.39 is 15.9 Å². The van der Waals surface area contributed by atoms with Crippen LogP contribution in [0, 0.1) is 0 Å². The number of methoxy groups -OCH3 is 2. The van der Waals surface area contributed by atoms with Crippen molar-refractivity contribution >= 4 is 32.9 Å². The van der Waals surface area contributed by atoms with Crippen molar-refractivity contribution in [3.8, 4) is 11.5 Å². The summed E-state index contributed by atoms with van der Waals surface area (Å²) in [7, 11) is -1.20. The molecular formula is C27H27N3O5S. The van der Waals surface area contributed by atoms with Gasteiger partial charge in [-0.25, -0.2) is 8.42 Å². The van der Waals surface area contributed by atoms with Gasteiger partial charge in [0.15, 0.2) is 16.4 Å². The highest BCUT2D eigenvalue weighted by molar-refractivity contribution is 7.97. The van der Waals surface area contributed by atoms with Gasteiger partial charge in [-0.2, -0.15) is 0 Å². The molecule has 1 aromatic heterocycles. The van der Waals surface area contributed by atoms with Gasteiger partial charge in [-0.3, -0.25) is 14.1 Å². The van der Waals surface area contributed by atoms with Gasteiger partial charge in [0.25, 0.3) is 15.9 Å². The second kappa shape index (κ2) is 10.2. The molecule has 0 radical (unpaired) electrons. The largest absolute Gasteiger partial charge is 0.493 e. The zero-order chi connectivity index (χ0) is 25.9. The van der Waals surface area contributed by atoms with Gasteiger partial charge in [-0.05, 0) is 60.4 Å². The van der Waals surface area contributed by atoms with Gasteiger partial charge >= 0.3 is 0 Å². The molecule has 1 aliphatic rings. The SMILES string of the molecule is C=CCN1c2cc(OC)c(OC)cc2C(C)=C(C(=O)Nc2ccc(Cc3ccncc3)cc2)S1(=O)=O. The summed E-state index contributed by atoms with van der Waals surface area (Å²) in [5.41, 5.74) is 3.92. The number of nitrogens with zero attached hydrogens (tertiary/aromatic N) is 2. The number of hydrogen-bond donors (Lipinski definition) is 1. The fourth-order valence-corrected chi connectivity index (χ4v) is 5.88. The van der Waals surface area contributed by atoms with Gasteiger partial charge in [-0.1, -0.05) is 18.2 Å². The molecule has 1 N–H and O–H groups in total. The number of benzene rings is 2. The molecule has 4 rings (SSSR count). The second-order valence-electron chi connectivity index (χ2n) is 8.19. The van der Waals surface area contributed by atoms with Crippen LogP contribution in [0.4, 0.5) is 11.4 Å². The first-order valence-electron chi connectivity index (χ1n) is 11.2. The molecule has 0 atom stereocenters. The minimum absolute atomic E-state index is 0.0153. The highest BCUT2D eigenvalue weighted by Crippen LogP contribution is 2.45. The molecule has 2 aromatic carbocycles. The van der Waals surface area contributed by atoms with Gasteiger partial charge in [0.05, 0.1) is 26.5 Å². The van der Waals surface area contributed by atoms with Crippen LogP contribution in [-0.2, 0) is 21.2 Å². The van der Waals surface area contributed by atoms with E-state index in [4.69, 9.17) is 9.47 Å². The lowest BCUT2D eigenvalue weighted by Gasteiger charge is -2.32. The third-order valence-corrected chi connectivity index (χ3v) is 7.87. The second-order valence-corrected chi connectivity index (χ2v) is 9.99. The van der Waals surface area contributed by atoms with Crippen LogP contribution >= 0.6 is 0 Å². The lowest BCUT2D eigenvalue weighted by atomic mass is 10.0. The number of anilines is 2. The minimum Gasteiger partial charge on any atom is -0.493 e. The Kier molecular flexibility index (Phi) is 7.12. The van der Waals surface area contributed by atoms with Crippen molar-refractivity contribution in [2.45, 2.75) is 13.3 Å². The van der Waals surface area contributed by atoms with E-state index in [2.05, 4.69) is 16.9 Å². The normalized spacial score (nSPS) is 14.1. The number of carbonyl (C=O) groups excluding carboxylic acids is 1. The fourth-order valence-electron chi connectivity index (χ4n) is 4.16. The molecule has 1 aliphatic heterocycles. The molecule has 0 aliphatic carbocycles. The summed E-state index contributed by atoms with van der Waals surface area (Å²) in [6.07, 6.45) is 5.66. The molecule has 2 heterocycles. The maximum Gasteiger partial charge on any atom is 0.270 e. The number of sulfonamides is 1. The summed E-state index contributed by atoms with van der Waals surface area (Å²) in [5.74, 6) is 0.0925. The number of ether oxygens (including phenoxy) is 2. The highest BCUT2D eigenvalue weighted by Gasteiger charge is 2.40. The first kappa shape index (κ1) is 25.0. The number of rotatable bonds is 8. The van der Waals surface area contributed by atoms with Gasteiger partial charge < -0.3 is 14.8 Å². The number of allylic oxidation sites excluding steroid dienone is 1. The Morgan fingerprint density at radius 2 is 1.64 bits per heavy atom. The number of aromatic nitrogens is 1. The molecule has 0 unspecified atom stereocenters. The van der Waals surface area contributed by atoms with Crippen molar-refractivity contribution in [3.05, 3.63) is 95.2 Å². The maximum absolute atomic E-state index is 13.6. The lowest BCUT2D eigenvalue weighted by molar-refractivity contribution is -0.112. The van der Waals surface area contributed by atoms with Gasteiger partial charge in [-0.15, -0.1) is 6.58 Å². The summed E-state index contributed by atoms with van der Waals surface area (Å²) >= 11 is 0. The first-order valence-corrected chi connectivity index (χ1v) is 12.6. The molecule has 8 nitrogen and oxygen atoms in total. The van der Waals surface area contributed by atoms with Crippen molar-refractivity contribution in [2.24, 2.45) is 0 Å². The average Bonchev–Trinajstić information content (AvgIpc) is 2.87. The molecule has 0 saturated heterocycles. The zero-order valence-corrected chi connectivity index (χ0v) is 21.1. The quantitative estimate of drug-likeness (QED) is 0.456. The third kappa shape index (κ3) is 4.70. The molecule has 9 heteroatoms. The Hall–Kier alpha value is -4.11. The Balaban J connectivity index is 1.69. The topological polar surface area (TPSA) is 97.8 Å². The van der Waals surface area contributed by atoms with Crippen LogP contribution in [0.3, 0.4) is 0 Å². The average molecular weight is 506 g/mol. The van der Waals surface area contributed by atoms with Crippen LogP contribution in [-0.4, -0.2) is 40.1 Å². The molecule has 186 valence electrons. The Morgan fingerprint density at radius 3 is 2.25 bits per heavy atom. The van der Waals surface area contributed by atoms with Crippen molar-refractivity contribution in [1.29, 1.82) is 0 Å². The maximum atomic E-state index is 13.6. The Labute approximate surface area is 210 Å². The number of amides is 1. The van der Waals surface area contributed by atoms with E-state index in [0.717, 1.165) is 15.4 Å². The smallest absolute Gasteiger partial charge is 0.270 e. The first-order chi connectivity index (χ1) is 17.3. The minimum atomic E-state index is -4.17. The molecule has 3 aromatic rings. The van der Waals surface area contributed by atoms with Crippen LogP contribution in [0.5, 0.6) is 11.5 Å². The predicted octanol–water partition coefficient (Wildman–Crippen LogP) is 4.40. The summed E-state index contributed by atoms with van der Waals surface area (Å²) in [6.45, 7) is 5.28. The van der Waals surface area contributed by atoms with Crippen molar-refractivity contribution in [2.75, 3.05) is 30.4 Å². The van der Waals surface area contributed by atoms with Gasteiger partial charge in [0.1, 0.15) is 0 Å². The van der Waals surface area contributed by atoms with Crippen LogP contribution in [0.15, 0.2) is 78.5 Å². The summed E-state index contributed by atoms with van der Waals surface area (Å²) in [6, 6.07) is 14.4. The standard InChI is InChI=1S/C27H27N3O5S/c1-5-14-30-23-17-25(35-4)24(34-3)16-22(23)18(2)26(36(30,32)33)27(31)29-21-8-6-19(7-9-21)15-20-10-12-28-13-11-20/h5-13,16-17H,1,14-15H2,2-4H3,(H,29,31).